The van der Waals surface area contributed by atoms with Crippen molar-refractivity contribution in [3.05, 3.63) is 65.2 Å². The molecule has 0 bridgehead atoms. The van der Waals surface area contributed by atoms with E-state index in [2.05, 4.69) is 5.92 Å². The summed E-state index contributed by atoms with van der Waals surface area (Å²) in [6, 6.07) is 13.9. The number of amides is 1. The van der Waals surface area contributed by atoms with Crippen molar-refractivity contribution < 1.29 is 14.7 Å². The summed E-state index contributed by atoms with van der Waals surface area (Å²) in [4.78, 5) is 26.6. The average Bonchev–Trinajstić information content (AvgIpc) is 2.78. The number of carbonyl (C=O) groups excluding carboxylic acids is 2. The molecule has 0 aromatic heterocycles. The summed E-state index contributed by atoms with van der Waals surface area (Å²) >= 11 is 0. The Morgan fingerprint density at radius 2 is 1.88 bits per heavy atom. The first-order valence-corrected chi connectivity index (χ1v) is 7.64. The molecule has 1 atom stereocenters. The SMILES string of the molecule is C#CCN1C(=O)[C@](O)(CC(=O)c2ccc(C)cc2)c2ccccc21. The second-order valence-corrected chi connectivity index (χ2v) is 5.94. The van der Waals surface area contributed by atoms with E-state index in [1.165, 1.54) is 4.90 Å². The molecule has 1 aliphatic rings. The number of terminal acetylenes is 1. The van der Waals surface area contributed by atoms with Crippen LogP contribution in [0.2, 0.25) is 0 Å². The van der Waals surface area contributed by atoms with Crippen LogP contribution in [0.5, 0.6) is 0 Å². The summed E-state index contributed by atoms with van der Waals surface area (Å²) in [6.07, 6.45) is 5.02. The molecule has 1 aliphatic heterocycles. The van der Waals surface area contributed by atoms with Crippen LogP contribution < -0.4 is 4.90 Å². The zero-order chi connectivity index (χ0) is 17.3. The second kappa shape index (κ2) is 5.95. The Kier molecular flexibility index (Phi) is 3.96. The number of benzene rings is 2. The van der Waals surface area contributed by atoms with Gasteiger partial charge < -0.3 is 5.11 Å². The lowest BCUT2D eigenvalue weighted by Crippen LogP contribution is -2.42. The van der Waals surface area contributed by atoms with E-state index in [9.17, 15) is 14.7 Å². The third-order valence-electron chi connectivity index (χ3n) is 4.28. The molecule has 2 aromatic rings. The summed E-state index contributed by atoms with van der Waals surface area (Å²) in [5, 5.41) is 11.0. The molecule has 4 nitrogen and oxygen atoms in total. The number of para-hydroxylation sites is 1. The van der Waals surface area contributed by atoms with Gasteiger partial charge in [0.25, 0.3) is 5.91 Å². The quantitative estimate of drug-likeness (QED) is 0.695. The number of aliphatic hydroxyl groups is 1. The van der Waals surface area contributed by atoms with E-state index < -0.39 is 11.5 Å². The van der Waals surface area contributed by atoms with Gasteiger partial charge >= 0.3 is 0 Å². The first-order chi connectivity index (χ1) is 11.5. The van der Waals surface area contributed by atoms with Crippen molar-refractivity contribution in [1.29, 1.82) is 0 Å². The lowest BCUT2D eigenvalue weighted by atomic mass is 9.88. The van der Waals surface area contributed by atoms with Gasteiger partial charge in [0.1, 0.15) is 0 Å². The molecule has 24 heavy (non-hydrogen) atoms. The van der Waals surface area contributed by atoms with Crippen molar-refractivity contribution in [2.45, 2.75) is 18.9 Å². The molecule has 1 N–H and O–H groups in total. The van der Waals surface area contributed by atoms with Gasteiger partial charge in [0, 0.05) is 11.1 Å². The molecular formula is C20H17NO3. The van der Waals surface area contributed by atoms with Gasteiger partial charge in [0.2, 0.25) is 0 Å². The fourth-order valence-corrected chi connectivity index (χ4v) is 3.00. The molecule has 3 rings (SSSR count). The fourth-order valence-electron chi connectivity index (χ4n) is 3.00. The summed E-state index contributed by atoms with van der Waals surface area (Å²) in [5.74, 6) is 1.58. The predicted octanol–water partition coefficient (Wildman–Crippen LogP) is 2.44. The maximum absolute atomic E-state index is 12.7. The Morgan fingerprint density at radius 1 is 1.21 bits per heavy atom. The standard InChI is InChI=1S/C20H17NO3/c1-3-12-21-17-7-5-4-6-16(17)20(24,19(21)23)13-18(22)15-10-8-14(2)9-11-15/h1,4-11,24H,12-13H2,2H3/t20-/m0/s1. The van der Waals surface area contributed by atoms with Crippen LogP contribution in [0.25, 0.3) is 0 Å². The number of Topliss-reactive ketones (excluding diaryl/α,β-unsaturated/α-hetero) is 1. The van der Waals surface area contributed by atoms with Crippen LogP contribution >= 0.6 is 0 Å². The Hall–Kier alpha value is -2.90. The molecule has 0 saturated heterocycles. The Labute approximate surface area is 140 Å². The lowest BCUT2D eigenvalue weighted by Gasteiger charge is -2.21. The molecule has 1 heterocycles. The summed E-state index contributed by atoms with van der Waals surface area (Å²) < 4.78 is 0. The maximum atomic E-state index is 12.7. The lowest BCUT2D eigenvalue weighted by molar-refractivity contribution is -0.135. The summed E-state index contributed by atoms with van der Waals surface area (Å²) in [7, 11) is 0. The van der Waals surface area contributed by atoms with Gasteiger partial charge in [-0.25, -0.2) is 0 Å². The van der Waals surface area contributed by atoms with Gasteiger partial charge in [0.15, 0.2) is 11.4 Å². The topological polar surface area (TPSA) is 57.6 Å². The normalized spacial score (nSPS) is 19.0. The van der Waals surface area contributed by atoms with Crippen LogP contribution in [0.3, 0.4) is 0 Å². The van der Waals surface area contributed by atoms with E-state index in [1.807, 2.05) is 19.1 Å². The van der Waals surface area contributed by atoms with E-state index in [0.717, 1.165) is 5.56 Å². The van der Waals surface area contributed by atoms with Gasteiger partial charge in [-0.3, -0.25) is 14.5 Å². The highest BCUT2D eigenvalue weighted by Gasteiger charge is 2.50. The molecule has 0 spiro atoms. The highest BCUT2D eigenvalue weighted by atomic mass is 16.3. The highest BCUT2D eigenvalue weighted by molar-refractivity contribution is 6.11. The summed E-state index contributed by atoms with van der Waals surface area (Å²) in [5.41, 5.74) is 0.600. The maximum Gasteiger partial charge on any atom is 0.265 e. The molecular weight excluding hydrogens is 302 g/mol. The van der Waals surface area contributed by atoms with Gasteiger partial charge in [0.05, 0.1) is 18.7 Å². The number of rotatable bonds is 4. The van der Waals surface area contributed by atoms with E-state index >= 15 is 0 Å². The number of carbonyl (C=O) groups is 2. The number of nitrogens with zero attached hydrogens (tertiary/aromatic N) is 1. The highest BCUT2D eigenvalue weighted by Crippen LogP contribution is 2.42. The number of ketones is 1. The zero-order valence-corrected chi connectivity index (χ0v) is 13.3. The molecule has 2 aromatic carbocycles. The first-order valence-electron chi connectivity index (χ1n) is 7.64. The number of hydrogen-bond donors (Lipinski definition) is 1. The second-order valence-electron chi connectivity index (χ2n) is 5.94. The van der Waals surface area contributed by atoms with E-state index in [-0.39, 0.29) is 18.7 Å². The molecule has 0 unspecified atom stereocenters. The van der Waals surface area contributed by atoms with Crippen LogP contribution in [0, 0.1) is 19.3 Å². The van der Waals surface area contributed by atoms with Crippen molar-refractivity contribution in [3.8, 4) is 12.3 Å². The third kappa shape index (κ3) is 2.49. The third-order valence-corrected chi connectivity index (χ3v) is 4.28. The minimum absolute atomic E-state index is 0.0525. The fraction of sp³-hybridized carbons (Fsp3) is 0.200. The number of anilines is 1. The van der Waals surface area contributed by atoms with Crippen LogP contribution in [0.1, 0.15) is 27.9 Å². The van der Waals surface area contributed by atoms with Gasteiger partial charge in [-0.1, -0.05) is 53.9 Å². The van der Waals surface area contributed by atoms with Gasteiger partial charge in [-0.05, 0) is 13.0 Å². The van der Waals surface area contributed by atoms with Gasteiger partial charge in [-0.15, -0.1) is 6.42 Å². The molecule has 0 aliphatic carbocycles. The number of fused-ring (bicyclic) bond motifs is 1. The van der Waals surface area contributed by atoms with Crippen LogP contribution in [0.4, 0.5) is 5.69 Å². The van der Waals surface area contributed by atoms with Crippen molar-refractivity contribution >= 4 is 17.4 Å². The Morgan fingerprint density at radius 3 is 2.54 bits per heavy atom. The van der Waals surface area contributed by atoms with E-state index in [4.69, 9.17) is 6.42 Å². The van der Waals surface area contributed by atoms with Gasteiger partial charge in [-0.2, -0.15) is 0 Å². The number of hydrogen-bond acceptors (Lipinski definition) is 3. The molecule has 120 valence electrons. The van der Waals surface area contributed by atoms with Crippen molar-refractivity contribution in [2.24, 2.45) is 0 Å². The Balaban J connectivity index is 1.97. The minimum Gasteiger partial charge on any atom is -0.375 e. The molecule has 0 radical (unpaired) electrons. The van der Waals surface area contributed by atoms with Crippen molar-refractivity contribution in [3.63, 3.8) is 0 Å². The smallest absolute Gasteiger partial charge is 0.265 e. The minimum atomic E-state index is -1.88. The largest absolute Gasteiger partial charge is 0.375 e. The van der Waals surface area contributed by atoms with Crippen LogP contribution in [-0.4, -0.2) is 23.3 Å². The van der Waals surface area contributed by atoms with E-state index in [0.29, 0.717) is 16.8 Å². The van der Waals surface area contributed by atoms with Crippen LogP contribution in [-0.2, 0) is 10.4 Å². The summed E-state index contributed by atoms with van der Waals surface area (Å²) in [6.45, 7) is 1.98. The van der Waals surface area contributed by atoms with Crippen LogP contribution in [0.15, 0.2) is 48.5 Å². The molecule has 0 fully saturated rings. The predicted molar refractivity (Wildman–Crippen MR) is 91.7 cm³/mol. The van der Waals surface area contributed by atoms with E-state index in [1.54, 1.807) is 36.4 Å². The molecule has 0 saturated carbocycles. The number of aryl methyl sites for hydroxylation is 1. The monoisotopic (exact) mass is 319 g/mol. The Bertz CT molecular complexity index is 848. The van der Waals surface area contributed by atoms with Crippen molar-refractivity contribution in [2.75, 3.05) is 11.4 Å². The van der Waals surface area contributed by atoms with Crippen molar-refractivity contribution in [1.82, 2.24) is 0 Å². The first kappa shape index (κ1) is 16.0. The average molecular weight is 319 g/mol. The molecule has 4 heteroatoms. The molecule has 1 amide bonds. The zero-order valence-electron chi connectivity index (χ0n) is 13.3.